The van der Waals surface area contributed by atoms with Gasteiger partial charge in [0.1, 0.15) is 0 Å². The molecule has 2 aromatic rings. The Morgan fingerprint density at radius 3 is 3.00 bits per heavy atom. The third kappa shape index (κ3) is 1.79. The molecule has 1 aliphatic carbocycles. The van der Waals surface area contributed by atoms with E-state index in [0.29, 0.717) is 5.56 Å². The number of hydrogen-bond donors (Lipinski definition) is 1. The van der Waals surface area contributed by atoms with Gasteiger partial charge in [0.15, 0.2) is 0 Å². The molecule has 1 N–H and O–H groups in total. The van der Waals surface area contributed by atoms with Crippen molar-refractivity contribution in [3.05, 3.63) is 30.1 Å². The Morgan fingerprint density at radius 2 is 2.35 bits per heavy atom. The monoisotopic (exact) mass is 230 g/mol. The Bertz CT molecular complexity index is 588. The van der Waals surface area contributed by atoms with Crippen molar-refractivity contribution < 1.29 is 9.90 Å². The molecule has 0 bridgehead atoms. The molecule has 1 saturated carbocycles. The average molecular weight is 230 g/mol. The van der Waals surface area contributed by atoms with E-state index in [0.717, 1.165) is 29.4 Å². The summed E-state index contributed by atoms with van der Waals surface area (Å²) in [5.41, 5.74) is 2.08. The zero-order valence-electron chi connectivity index (χ0n) is 9.63. The van der Waals surface area contributed by atoms with Gasteiger partial charge in [0.05, 0.1) is 22.9 Å². The Kier molecular flexibility index (Phi) is 2.18. The predicted octanol–water partition coefficient (Wildman–Crippen LogP) is 2.39. The molecule has 1 aromatic heterocycles. The summed E-state index contributed by atoms with van der Waals surface area (Å²) in [7, 11) is 0. The van der Waals surface area contributed by atoms with Crippen LogP contribution in [0.25, 0.3) is 11.0 Å². The molecule has 0 amide bonds. The first-order valence-corrected chi connectivity index (χ1v) is 5.83. The van der Waals surface area contributed by atoms with Crippen LogP contribution in [-0.2, 0) is 6.54 Å². The van der Waals surface area contributed by atoms with E-state index in [-0.39, 0.29) is 0 Å². The Hall–Kier alpha value is -1.84. The molecule has 0 radical (unpaired) electrons. The van der Waals surface area contributed by atoms with Gasteiger partial charge < -0.3 is 9.67 Å². The van der Waals surface area contributed by atoms with Gasteiger partial charge in [0, 0.05) is 6.54 Å². The maximum Gasteiger partial charge on any atom is 0.335 e. The van der Waals surface area contributed by atoms with Crippen molar-refractivity contribution in [2.75, 3.05) is 0 Å². The van der Waals surface area contributed by atoms with E-state index in [1.165, 1.54) is 6.42 Å². The Balaban J connectivity index is 1.96. The third-order valence-electron chi connectivity index (χ3n) is 3.58. The molecule has 0 aliphatic heterocycles. The highest BCUT2D eigenvalue weighted by atomic mass is 16.4. The highest BCUT2D eigenvalue weighted by molar-refractivity contribution is 5.92. The molecule has 4 heteroatoms. The molecular weight excluding hydrogens is 216 g/mol. The van der Waals surface area contributed by atoms with Crippen molar-refractivity contribution in [1.82, 2.24) is 9.55 Å². The lowest BCUT2D eigenvalue weighted by atomic mass is 10.2. The van der Waals surface area contributed by atoms with Crippen LogP contribution in [0.3, 0.4) is 0 Å². The zero-order chi connectivity index (χ0) is 12.0. The lowest BCUT2D eigenvalue weighted by Gasteiger charge is -2.02. The predicted molar refractivity (Wildman–Crippen MR) is 64.0 cm³/mol. The number of hydrogen-bond acceptors (Lipinski definition) is 2. The largest absolute Gasteiger partial charge is 0.478 e. The second kappa shape index (κ2) is 3.58. The van der Waals surface area contributed by atoms with Crippen LogP contribution >= 0.6 is 0 Å². The SMILES string of the molecule is CC1CC1Cn1cnc2cc(C(=O)O)ccc21. The summed E-state index contributed by atoms with van der Waals surface area (Å²) in [6.07, 6.45) is 3.09. The van der Waals surface area contributed by atoms with E-state index in [2.05, 4.69) is 16.5 Å². The molecule has 1 fully saturated rings. The molecule has 17 heavy (non-hydrogen) atoms. The lowest BCUT2D eigenvalue weighted by molar-refractivity contribution is 0.0697. The van der Waals surface area contributed by atoms with Crippen LogP contribution in [0.15, 0.2) is 24.5 Å². The molecule has 0 saturated heterocycles. The summed E-state index contributed by atoms with van der Waals surface area (Å²) >= 11 is 0. The van der Waals surface area contributed by atoms with Crippen molar-refractivity contribution in [2.45, 2.75) is 19.9 Å². The van der Waals surface area contributed by atoms with E-state index < -0.39 is 5.97 Å². The van der Waals surface area contributed by atoms with Crippen molar-refractivity contribution in [3.8, 4) is 0 Å². The van der Waals surface area contributed by atoms with Crippen LogP contribution in [0.5, 0.6) is 0 Å². The summed E-state index contributed by atoms with van der Waals surface area (Å²) in [6, 6.07) is 5.11. The minimum atomic E-state index is -0.905. The van der Waals surface area contributed by atoms with Gasteiger partial charge in [-0.3, -0.25) is 0 Å². The molecule has 1 heterocycles. The van der Waals surface area contributed by atoms with Gasteiger partial charge in [-0.15, -0.1) is 0 Å². The minimum Gasteiger partial charge on any atom is -0.478 e. The second-order valence-corrected chi connectivity index (χ2v) is 4.88. The zero-order valence-corrected chi connectivity index (χ0v) is 9.63. The van der Waals surface area contributed by atoms with Crippen LogP contribution < -0.4 is 0 Å². The molecule has 88 valence electrons. The van der Waals surface area contributed by atoms with Crippen LogP contribution in [0.4, 0.5) is 0 Å². The fraction of sp³-hybridized carbons (Fsp3) is 0.385. The Labute approximate surface area is 98.9 Å². The number of fused-ring (bicyclic) bond motifs is 1. The van der Waals surface area contributed by atoms with Crippen LogP contribution in [-0.4, -0.2) is 20.6 Å². The number of rotatable bonds is 3. The van der Waals surface area contributed by atoms with Gasteiger partial charge in [-0.1, -0.05) is 6.92 Å². The van der Waals surface area contributed by atoms with E-state index in [1.807, 2.05) is 6.07 Å². The maximum atomic E-state index is 10.8. The Morgan fingerprint density at radius 1 is 1.59 bits per heavy atom. The lowest BCUT2D eigenvalue weighted by Crippen LogP contribution is -1.99. The number of benzene rings is 1. The first-order valence-electron chi connectivity index (χ1n) is 5.83. The van der Waals surface area contributed by atoms with E-state index in [9.17, 15) is 4.79 Å². The summed E-state index contributed by atoms with van der Waals surface area (Å²) in [4.78, 5) is 15.1. The molecule has 0 spiro atoms. The number of carboxylic acids is 1. The van der Waals surface area contributed by atoms with Crippen LogP contribution in [0, 0.1) is 11.8 Å². The molecule has 2 unspecified atom stereocenters. The number of nitrogens with zero attached hydrogens (tertiary/aromatic N) is 2. The smallest absolute Gasteiger partial charge is 0.335 e. The number of aromatic nitrogens is 2. The first-order chi connectivity index (χ1) is 8.15. The van der Waals surface area contributed by atoms with Crippen LogP contribution in [0.1, 0.15) is 23.7 Å². The number of imidazole rings is 1. The summed E-state index contributed by atoms with van der Waals surface area (Å²) in [6.45, 7) is 3.25. The normalized spacial score (nSPS) is 22.9. The molecule has 3 rings (SSSR count). The van der Waals surface area contributed by atoms with Gasteiger partial charge in [0.25, 0.3) is 0 Å². The van der Waals surface area contributed by atoms with Gasteiger partial charge in [0.2, 0.25) is 0 Å². The quantitative estimate of drug-likeness (QED) is 0.880. The third-order valence-corrected chi connectivity index (χ3v) is 3.58. The fourth-order valence-corrected chi connectivity index (χ4v) is 2.25. The number of aromatic carboxylic acids is 1. The number of carboxylic acid groups (broad SMARTS) is 1. The number of carbonyl (C=O) groups is 1. The van der Waals surface area contributed by atoms with Gasteiger partial charge in [-0.25, -0.2) is 9.78 Å². The van der Waals surface area contributed by atoms with Gasteiger partial charge in [-0.05, 0) is 36.5 Å². The highest BCUT2D eigenvalue weighted by Crippen LogP contribution is 2.39. The fourth-order valence-electron chi connectivity index (χ4n) is 2.25. The van der Waals surface area contributed by atoms with E-state index in [4.69, 9.17) is 5.11 Å². The minimum absolute atomic E-state index is 0.294. The van der Waals surface area contributed by atoms with E-state index >= 15 is 0 Å². The molecule has 1 aliphatic rings. The summed E-state index contributed by atoms with van der Waals surface area (Å²) in [5.74, 6) is 0.662. The van der Waals surface area contributed by atoms with Crippen molar-refractivity contribution in [3.63, 3.8) is 0 Å². The molecule has 2 atom stereocenters. The summed E-state index contributed by atoms with van der Waals surface area (Å²) < 4.78 is 2.12. The average Bonchev–Trinajstić information content (AvgIpc) is 2.85. The molecule has 1 aromatic carbocycles. The topological polar surface area (TPSA) is 55.1 Å². The standard InChI is InChI=1S/C13H14N2O2/c1-8-4-10(8)6-15-7-14-11-5-9(13(16)17)2-3-12(11)15/h2-3,5,7-8,10H,4,6H2,1H3,(H,16,17). The van der Waals surface area contributed by atoms with E-state index in [1.54, 1.807) is 18.5 Å². The maximum absolute atomic E-state index is 10.8. The van der Waals surface area contributed by atoms with Gasteiger partial charge >= 0.3 is 5.97 Å². The summed E-state index contributed by atoms with van der Waals surface area (Å²) in [5, 5.41) is 8.91. The second-order valence-electron chi connectivity index (χ2n) is 4.88. The van der Waals surface area contributed by atoms with Crippen molar-refractivity contribution in [2.24, 2.45) is 11.8 Å². The van der Waals surface area contributed by atoms with Crippen LogP contribution in [0.2, 0.25) is 0 Å². The van der Waals surface area contributed by atoms with Crippen molar-refractivity contribution in [1.29, 1.82) is 0 Å². The first kappa shape index (κ1) is 10.3. The van der Waals surface area contributed by atoms with Gasteiger partial charge in [-0.2, -0.15) is 0 Å². The van der Waals surface area contributed by atoms with Crippen molar-refractivity contribution >= 4 is 17.0 Å². The molecule has 4 nitrogen and oxygen atoms in total. The molecular formula is C13H14N2O2. The highest BCUT2D eigenvalue weighted by Gasteiger charge is 2.32.